The lowest BCUT2D eigenvalue weighted by Gasteiger charge is -2.31. The molecule has 0 unspecified atom stereocenters. The Bertz CT molecular complexity index is 661. The number of likely N-dealkylation sites (tertiary alicyclic amines) is 2. The SMILES string of the molecule is O=C(C[C@H]1C[C@H]2CN(Cc3ccc4c(c3)OCO4)C[C@H]2O1)N1CCC1. The van der Waals surface area contributed by atoms with E-state index in [9.17, 15) is 4.79 Å². The summed E-state index contributed by atoms with van der Waals surface area (Å²) in [6.45, 7) is 5.09. The highest BCUT2D eigenvalue weighted by Crippen LogP contribution is 2.37. The van der Waals surface area contributed by atoms with Gasteiger partial charge in [-0.2, -0.15) is 0 Å². The van der Waals surface area contributed by atoms with Crippen LogP contribution in [-0.2, 0) is 16.1 Å². The maximum absolute atomic E-state index is 12.1. The van der Waals surface area contributed by atoms with E-state index in [1.807, 2.05) is 11.0 Å². The maximum atomic E-state index is 12.1. The highest BCUT2D eigenvalue weighted by atomic mass is 16.7. The molecule has 6 nitrogen and oxygen atoms in total. The summed E-state index contributed by atoms with van der Waals surface area (Å²) in [6.07, 6.45) is 3.13. The molecule has 4 aliphatic rings. The predicted octanol–water partition coefficient (Wildman–Crippen LogP) is 1.63. The molecule has 3 saturated heterocycles. The van der Waals surface area contributed by atoms with Crippen LogP contribution in [-0.4, -0.2) is 60.9 Å². The number of rotatable bonds is 4. The van der Waals surface area contributed by atoms with Crippen molar-refractivity contribution in [2.45, 2.75) is 38.0 Å². The zero-order valence-corrected chi connectivity index (χ0v) is 14.4. The van der Waals surface area contributed by atoms with Crippen LogP contribution < -0.4 is 9.47 Å². The molecule has 0 radical (unpaired) electrons. The number of benzene rings is 1. The first kappa shape index (κ1) is 15.5. The summed E-state index contributed by atoms with van der Waals surface area (Å²) < 4.78 is 17.0. The van der Waals surface area contributed by atoms with Gasteiger partial charge in [0.25, 0.3) is 0 Å². The second kappa shape index (κ2) is 6.18. The Morgan fingerprint density at radius 1 is 1.16 bits per heavy atom. The molecule has 3 atom stereocenters. The van der Waals surface area contributed by atoms with E-state index < -0.39 is 0 Å². The summed E-state index contributed by atoms with van der Waals surface area (Å²) in [5.74, 6) is 2.51. The van der Waals surface area contributed by atoms with E-state index in [-0.39, 0.29) is 18.1 Å². The molecule has 5 rings (SSSR count). The van der Waals surface area contributed by atoms with Gasteiger partial charge in [0.15, 0.2) is 11.5 Å². The highest BCUT2D eigenvalue weighted by Gasteiger charge is 2.42. The first-order chi connectivity index (χ1) is 12.2. The van der Waals surface area contributed by atoms with Crippen LogP contribution in [0, 0.1) is 5.92 Å². The third-order valence-electron chi connectivity index (χ3n) is 5.84. The second-order valence-corrected chi connectivity index (χ2v) is 7.61. The number of ether oxygens (including phenoxy) is 3. The normalized spacial score (nSPS) is 30.4. The summed E-state index contributed by atoms with van der Waals surface area (Å²) in [5, 5.41) is 0. The van der Waals surface area contributed by atoms with Crippen molar-refractivity contribution in [2.75, 3.05) is 33.0 Å². The minimum absolute atomic E-state index is 0.121. The van der Waals surface area contributed by atoms with Crippen molar-refractivity contribution in [2.24, 2.45) is 5.92 Å². The van der Waals surface area contributed by atoms with E-state index >= 15 is 0 Å². The van der Waals surface area contributed by atoms with E-state index in [0.29, 0.717) is 19.1 Å². The fourth-order valence-electron chi connectivity index (χ4n) is 4.40. The van der Waals surface area contributed by atoms with Gasteiger partial charge in [0.05, 0.1) is 18.6 Å². The van der Waals surface area contributed by atoms with Gasteiger partial charge in [-0.1, -0.05) is 6.07 Å². The van der Waals surface area contributed by atoms with Gasteiger partial charge < -0.3 is 19.1 Å². The maximum Gasteiger partial charge on any atom is 0.231 e. The molecule has 0 saturated carbocycles. The van der Waals surface area contributed by atoms with E-state index in [2.05, 4.69) is 17.0 Å². The van der Waals surface area contributed by atoms with Crippen molar-refractivity contribution in [1.29, 1.82) is 0 Å². The smallest absolute Gasteiger partial charge is 0.231 e. The zero-order chi connectivity index (χ0) is 16.8. The van der Waals surface area contributed by atoms with Crippen LogP contribution in [0.3, 0.4) is 0 Å². The van der Waals surface area contributed by atoms with Crippen LogP contribution in [0.1, 0.15) is 24.8 Å². The molecule has 134 valence electrons. The Morgan fingerprint density at radius 3 is 2.84 bits per heavy atom. The molecule has 1 aromatic carbocycles. The first-order valence-electron chi connectivity index (χ1n) is 9.29. The van der Waals surface area contributed by atoms with Gasteiger partial charge in [0.1, 0.15) is 0 Å². The van der Waals surface area contributed by atoms with Crippen LogP contribution >= 0.6 is 0 Å². The van der Waals surface area contributed by atoms with Gasteiger partial charge in [0, 0.05) is 38.6 Å². The van der Waals surface area contributed by atoms with Crippen LogP contribution in [0.5, 0.6) is 11.5 Å². The lowest BCUT2D eigenvalue weighted by Crippen LogP contribution is -2.43. The van der Waals surface area contributed by atoms with Crippen molar-refractivity contribution < 1.29 is 19.0 Å². The molecule has 1 amide bonds. The first-order valence-corrected chi connectivity index (χ1v) is 9.29. The number of nitrogens with zero attached hydrogens (tertiary/aromatic N) is 2. The number of carbonyl (C=O) groups excluding carboxylic acids is 1. The average Bonchev–Trinajstić information content (AvgIpc) is 3.19. The van der Waals surface area contributed by atoms with E-state index in [1.165, 1.54) is 5.56 Å². The number of amides is 1. The Kier molecular flexibility index (Phi) is 3.82. The second-order valence-electron chi connectivity index (χ2n) is 7.61. The molecule has 3 fully saturated rings. The summed E-state index contributed by atoms with van der Waals surface area (Å²) in [6, 6.07) is 6.17. The lowest BCUT2D eigenvalue weighted by atomic mass is 10.0. The molecule has 0 spiro atoms. The molecule has 0 N–H and O–H groups in total. The molecule has 0 aromatic heterocycles. The quantitative estimate of drug-likeness (QED) is 0.831. The van der Waals surface area contributed by atoms with Gasteiger partial charge in [-0.15, -0.1) is 0 Å². The standard InChI is InChI=1S/C19H24N2O4/c22-19(21-4-1-5-21)8-15-7-14-10-20(11-18(14)25-15)9-13-2-3-16-17(6-13)24-12-23-16/h2-3,6,14-15,18H,1,4-5,7-12H2/t14-,15+,18+/m0/s1. The van der Waals surface area contributed by atoms with Crippen molar-refractivity contribution in [3.8, 4) is 11.5 Å². The molecule has 4 heterocycles. The minimum atomic E-state index is 0.121. The van der Waals surface area contributed by atoms with Crippen molar-refractivity contribution in [1.82, 2.24) is 9.80 Å². The highest BCUT2D eigenvalue weighted by molar-refractivity contribution is 5.77. The Balaban J connectivity index is 1.14. The molecular weight excluding hydrogens is 320 g/mol. The number of hydrogen-bond donors (Lipinski definition) is 0. The summed E-state index contributed by atoms with van der Waals surface area (Å²) >= 11 is 0. The van der Waals surface area contributed by atoms with Gasteiger partial charge in [-0.3, -0.25) is 9.69 Å². The third kappa shape index (κ3) is 2.98. The van der Waals surface area contributed by atoms with Gasteiger partial charge in [0.2, 0.25) is 12.7 Å². The van der Waals surface area contributed by atoms with Gasteiger partial charge >= 0.3 is 0 Å². The van der Waals surface area contributed by atoms with E-state index in [4.69, 9.17) is 14.2 Å². The number of hydrogen-bond acceptors (Lipinski definition) is 5. The van der Waals surface area contributed by atoms with E-state index in [0.717, 1.165) is 57.1 Å². The third-order valence-corrected chi connectivity index (χ3v) is 5.84. The largest absolute Gasteiger partial charge is 0.454 e. The molecule has 0 bridgehead atoms. The van der Waals surface area contributed by atoms with Crippen LogP contribution in [0.25, 0.3) is 0 Å². The van der Waals surface area contributed by atoms with Crippen LogP contribution in [0.2, 0.25) is 0 Å². The van der Waals surface area contributed by atoms with Crippen LogP contribution in [0.15, 0.2) is 18.2 Å². The van der Waals surface area contributed by atoms with Gasteiger partial charge in [-0.05, 0) is 30.5 Å². The fourth-order valence-corrected chi connectivity index (χ4v) is 4.40. The molecule has 25 heavy (non-hydrogen) atoms. The minimum Gasteiger partial charge on any atom is -0.454 e. The summed E-state index contributed by atoms with van der Waals surface area (Å²) in [7, 11) is 0. The molecule has 6 heteroatoms. The molecular formula is C19H24N2O4. The molecule has 0 aliphatic carbocycles. The summed E-state index contributed by atoms with van der Waals surface area (Å²) in [4.78, 5) is 16.5. The van der Waals surface area contributed by atoms with Crippen molar-refractivity contribution in [3.05, 3.63) is 23.8 Å². The Morgan fingerprint density at radius 2 is 2.04 bits per heavy atom. The van der Waals surface area contributed by atoms with Gasteiger partial charge in [-0.25, -0.2) is 0 Å². The zero-order valence-electron chi connectivity index (χ0n) is 14.4. The predicted molar refractivity (Wildman–Crippen MR) is 90.4 cm³/mol. The average molecular weight is 344 g/mol. The lowest BCUT2D eigenvalue weighted by molar-refractivity contribution is -0.137. The monoisotopic (exact) mass is 344 g/mol. The number of fused-ring (bicyclic) bond motifs is 2. The van der Waals surface area contributed by atoms with Crippen molar-refractivity contribution in [3.63, 3.8) is 0 Å². The molecule has 1 aromatic rings. The van der Waals surface area contributed by atoms with Crippen LogP contribution in [0.4, 0.5) is 0 Å². The summed E-state index contributed by atoms with van der Waals surface area (Å²) in [5.41, 5.74) is 1.24. The number of carbonyl (C=O) groups is 1. The Labute approximate surface area is 147 Å². The van der Waals surface area contributed by atoms with Crippen molar-refractivity contribution >= 4 is 5.91 Å². The molecule has 4 aliphatic heterocycles. The topological polar surface area (TPSA) is 51.2 Å². The fraction of sp³-hybridized carbons (Fsp3) is 0.632. The Hall–Kier alpha value is -1.79. The van der Waals surface area contributed by atoms with E-state index in [1.54, 1.807) is 0 Å².